The molecular formula is C17H26N4O2. The number of rotatable bonds is 4. The van der Waals surface area contributed by atoms with Gasteiger partial charge < -0.3 is 14.2 Å². The number of amides is 2. The normalized spacial score (nSPS) is 17.8. The summed E-state index contributed by atoms with van der Waals surface area (Å²) in [6, 6.07) is 3.68. The van der Waals surface area contributed by atoms with Crippen LogP contribution in [0.3, 0.4) is 0 Å². The molecule has 6 heteroatoms. The van der Waals surface area contributed by atoms with Crippen LogP contribution in [0.15, 0.2) is 12.3 Å². The predicted octanol–water partition coefficient (Wildman–Crippen LogP) is 3.15. The molecule has 1 aromatic rings. The first-order chi connectivity index (χ1) is 10.8. The van der Waals surface area contributed by atoms with Crippen molar-refractivity contribution in [2.24, 2.45) is 0 Å². The highest BCUT2D eigenvalue weighted by Gasteiger charge is 2.24. The minimum atomic E-state index is -0.219. The van der Waals surface area contributed by atoms with Gasteiger partial charge in [0.25, 0.3) is 0 Å². The first kappa shape index (κ1) is 17.4. The molecule has 0 aromatic carbocycles. The van der Waals surface area contributed by atoms with Gasteiger partial charge in [0.05, 0.1) is 11.7 Å². The molecule has 1 aliphatic heterocycles. The Morgan fingerprint density at radius 3 is 2.83 bits per heavy atom. The van der Waals surface area contributed by atoms with Crippen LogP contribution in [0.5, 0.6) is 0 Å². The van der Waals surface area contributed by atoms with Crippen molar-refractivity contribution in [2.45, 2.75) is 52.2 Å². The number of hydrogen-bond acceptors (Lipinski definition) is 3. The van der Waals surface area contributed by atoms with E-state index in [4.69, 9.17) is 10.00 Å². The van der Waals surface area contributed by atoms with Gasteiger partial charge in [0, 0.05) is 31.4 Å². The molecule has 2 heterocycles. The summed E-state index contributed by atoms with van der Waals surface area (Å²) in [5.74, 6) is 0.643. The van der Waals surface area contributed by atoms with Crippen molar-refractivity contribution in [3.8, 4) is 6.07 Å². The van der Waals surface area contributed by atoms with Gasteiger partial charge >= 0.3 is 6.03 Å². The number of nitrogens with one attached hydrogen (secondary N) is 1. The van der Waals surface area contributed by atoms with Crippen molar-refractivity contribution in [3.05, 3.63) is 17.8 Å². The number of urea groups is 1. The summed E-state index contributed by atoms with van der Waals surface area (Å²) >= 11 is 0. The van der Waals surface area contributed by atoms with E-state index < -0.39 is 0 Å². The van der Waals surface area contributed by atoms with E-state index in [0.717, 1.165) is 19.4 Å². The van der Waals surface area contributed by atoms with Gasteiger partial charge in [-0.15, -0.1) is 0 Å². The summed E-state index contributed by atoms with van der Waals surface area (Å²) in [7, 11) is 0. The number of hydrogen-bond donors (Lipinski definition) is 1. The van der Waals surface area contributed by atoms with E-state index in [9.17, 15) is 4.79 Å². The lowest BCUT2D eigenvalue weighted by molar-refractivity contribution is 0.0849. The van der Waals surface area contributed by atoms with Gasteiger partial charge in [0.15, 0.2) is 0 Å². The zero-order valence-electron chi connectivity index (χ0n) is 14.4. The number of nitrogens with zero attached hydrogens (tertiary/aromatic N) is 3. The van der Waals surface area contributed by atoms with Crippen molar-refractivity contribution in [1.29, 1.82) is 5.26 Å². The molecule has 2 rings (SSSR count). The number of likely N-dealkylation sites (N-methyl/N-ethyl adjacent to an activating group) is 1. The van der Waals surface area contributed by atoms with Crippen molar-refractivity contribution in [1.82, 2.24) is 9.47 Å². The van der Waals surface area contributed by atoms with Crippen LogP contribution in [0, 0.1) is 11.3 Å². The minimum absolute atomic E-state index is 0.129. The van der Waals surface area contributed by atoms with Gasteiger partial charge in [-0.25, -0.2) is 4.79 Å². The van der Waals surface area contributed by atoms with E-state index in [1.165, 1.54) is 0 Å². The predicted molar refractivity (Wildman–Crippen MR) is 89.4 cm³/mol. The van der Waals surface area contributed by atoms with Crippen molar-refractivity contribution < 1.29 is 9.53 Å². The standard InChI is InChI=1S/C17H26N4O2/c1-5-20(12-14-7-6-8-23-14)16(22)19-15-9-13(10-18)11-21(15)17(2,3)4/h9,11,14H,5-8,12H2,1-4H3,(H,19,22)/t14-/m0/s1. The SMILES string of the molecule is CCN(C[C@@H]1CCCO1)C(=O)Nc1cc(C#N)cn1C(C)(C)C. The highest BCUT2D eigenvalue weighted by atomic mass is 16.5. The third-order valence-corrected chi connectivity index (χ3v) is 4.02. The number of aromatic nitrogens is 1. The fourth-order valence-electron chi connectivity index (χ4n) is 2.75. The van der Waals surface area contributed by atoms with Crippen LogP contribution in [-0.4, -0.2) is 41.3 Å². The Morgan fingerprint density at radius 1 is 1.57 bits per heavy atom. The molecule has 0 bridgehead atoms. The van der Waals surface area contributed by atoms with Gasteiger partial charge in [0.2, 0.25) is 0 Å². The largest absolute Gasteiger partial charge is 0.376 e. The molecule has 126 valence electrons. The third kappa shape index (κ3) is 4.26. The molecule has 2 amide bonds. The average molecular weight is 318 g/mol. The molecular weight excluding hydrogens is 292 g/mol. The summed E-state index contributed by atoms with van der Waals surface area (Å²) in [5.41, 5.74) is 0.320. The zero-order chi connectivity index (χ0) is 17.0. The molecule has 0 unspecified atom stereocenters. The van der Waals surface area contributed by atoms with E-state index in [2.05, 4.69) is 11.4 Å². The molecule has 0 saturated carbocycles. The third-order valence-electron chi connectivity index (χ3n) is 4.02. The maximum absolute atomic E-state index is 12.6. The first-order valence-corrected chi connectivity index (χ1v) is 8.15. The fourth-order valence-corrected chi connectivity index (χ4v) is 2.75. The molecule has 1 fully saturated rings. The summed E-state index contributed by atoms with van der Waals surface area (Å²) in [4.78, 5) is 14.3. The molecule has 1 aromatic heterocycles. The second-order valence-electron chi connectivity index (χ2n) is 6.87. The monoisotopic (exact) mass is 318 g/mol. The van der Waals surface area contributed by atoms with Crippen molar-refractivity contribution in [3.63, 3.8) is 0 Å². The lowest BCUT2D eigenvalue weighted by atomic mass is 10.1. The van der Waals surface area contributed by atoms with E-state index in [1.54, 1.807) is 17.2 Å². The van der Waals surface area contributed by atoms with Gasteiger partial charge in [-0.2, -0.15) is 5.26 Å². The first-order valence-electron chi connectivity index (χ1n) is 8.15. The maximum atomic E-state index is 12.6. The van der Waals surface area contributed by atoms with Gasteiger partial charge in [-0.3, -0.25) is 5.32 Å². The van der Waals surface area contributed by atoms with E-state index >= 15 is 0 Å². The van der Waals surface area contributed by atoms with Crippen LogP contribution in [0.4, 0.5) is 10.6 Å². The summed E-state index contributed by atoms with van der Waals surface area (Å²) in [5, 5.41) is 12.1. The molecule has 1 aliphatic rings. The lowest BCUT2D eigenvalue weighted by Crippen LogP contribution is -2.40. The molecule has 6 nitrogen and oxygen atoms in total. The summed E-state index contributed by atoms with van der Waals surface area (Å²) < 4.78 is 7.54. The van der Waals surface area contributed by atoms with Crippen LogP contribution < -0.4 is 5.32 Å². The maximum Gasteiger partial charge on any atom is 0.323 e. The Kier molecular flexibility index (Phi) is 5.32. The van der Waals surface area contributed by atoms with Gasteiger partial charge in [-0.05, 0) is 46.6 Å². The number of carbonyl (C=O) groups excluding carboxylic acids is 1. The van der Waals surface area contributed by atoms with Crippen LogP contribution in [-0.2, 0) is 10.3 Å². The number of carbonyl (C=O) groups is 1. The van der Waals surface area contributed by atoms with Crippen LogP contribution in [0.2, 0.25) is 0 Å². The zero-order valence-corrected chi connectivity index (χ0v) is 14.4. The van der Waals surface area contributed by atoms with Crippen molar-refractivity contribution in [2.75, 3.05) is 25.0 Å². The molecule has 1 atom stereocenters. The van der Waals surface area contributed by atoms with Crippen LogP contribution in [0.25, 0.3) is 0 Å². The molecule has 1 N–H and O–H groups in total. The molecule has 1 saturated heterocycles. The van der Waals surface area contributed by atoms with Crippen LogP contribution in [0.1, 0.15) is 46.1 Å². The summed E-state index contributed by atoms with van der Waals surface area (Å²) in [6.07, 6.45) is 3.96. The number of nitriles is 1. The molecule has 0 aliphatic carbocycles. The Bertz CT molecular complexity index is 589. The number of anilines is 1. The van der Waals surface area contributed by atoms with Gasteiger partial charge in [0.1, 0.15) is 11.9 Å². The quantitative estimate of drug-likeness (QED) is 0.927. The molecule has 0 spiro atoms. The highest BCUT2D eigenvalue weighted by Crippen LogP contribution is 2.24. The molecule has 23 heavy (non-hydrogen) atoms. The Hall–Kier alpha value is -2.00. The second-order valence-corrected chi connectivity index (χ2v) is 6.87. The highest BCUT2D eigenvalue weighted by molar-refractivity contribution is 5.88. The van der Waals surface area contributed by atoms with Gasteiger partial charge in [-0.1, -0.05) is 0 Å². The smallest absolute Gasteiger partial charge is 0.323 e. The minimum Gasteiger partial charge on any atom is -0.376 e. The Labute approximate surface area is 138 Å². The Morgan fingerprint density at radius 2 is 2.30 bits per heavy atom. The Balaban J connectivity index is 2.11. The van der Waals surface area contributed by atoms with E-state index in [0.29, 0.717) is 24.5 Å². The van der Waals surface area contributed by atoms with Crippen molar-refractivity contribution >= 4 is 11.8 Å². The fraction of sp³-hybridized carbons (Fsp3) is 0.647. The lowest BCUT2D eigenvalue weighted by Gasteiger charge is -2.27. The average Bonchev–Trinajstić information content (AvgIpc) is 3.12. The second kappa shape index (κ2) is 7.05. The van der Waals surface area contributed by atoms with E-state index in [-0.39, 0.29) is 17.7 Å². The summed E-state index contributed by atoms with van der Waals surface area (Å²) in [6.45, 7) is 10.1. The van der Waals surface area contributed by atoms with E-state index in [1.807, 2.05) is 32.3 Å². The number of ether oxygens (including phenoxy) is 1. The molecule has 0 radical (unpaired) electrons. The topological polar surface area (TPSA) is 70.3 Å². The van der Waals surface area contributed by atoms with Crippen LogP contribution >= 0.6 is 0 Å².